The molecule has 1 aliphatic carbocycles. The van der Waals surface area contributed by atoms with Crippen LogP contribution in [0.15, 0.2) is 41.3 Å². The van der Waals surface area contributed by atoms with Crippen molar-refractivity contribution in [3.05, 3.63) is 58.1 Å². The number of carbonyl (C=O) groups excluding carboxylic acids is 2. The van der Waals surface area contributed by atoms with Crippen LogP contribution in [0.4, 0.5) is 0 Å². The molecule has 2 aromatic carbocycles. The van der Waals surface area contributed by atoms with Gasteiger partial charge in [0.1, 0.15) is 18.5 Å². The third-order valence-corrected chi connectivity index (χ3v) is 6.91. The van der Waals surface area contributed by atoms with E-state index in [4.69, 9.17) is 21.1 Å². The lowest BCUT2D eigenvalue weighted by Gasteiger charge is -2.33. The highest BCUT2D eigenvalue weighted by molar-refractivity contribution is 7.90. The highest BCUT2D eigenvalue weighted by Crippen LogP contribution is 2.31. The van der Waals surface area contributed by atoms with E-state index >= 15 is 0 Å². The summed E-state index contributed by atoms with van der Waals surface area (Å²) in [7, 11) is -3.41. The van der Waals surface area contributed by atoms with Crippen molar-refractivity contribution in [3.8, 4) is 5.75 Å². The van der Waals surface area contributed by atoms with Gasteiger partial charge in [-0.3, -0.25) is 9.59 Å². The molecule has 1 amide bonds. The number of ether oxygens (including phenoxy) is 2. The van der Waals surface area contributed by atoms with Gasteiger partial charge in [0.25, 0.3) is 5.91 Å². The number of nitrogens with zero attached hydrogens (tertiary/aromatic N) is 1. The summed E-state index contributed by atoms with van der Waals surface area (Å²) in [6.45, 7) is 1.31. The van der Waals surface area contributed by atoms with E-state index < -0.39 is 9.84 Å². The van der Waals surface area contributed by atoms with Crippen LogP contribution >= 0.6 is 11.6 Å². The SMILES string of the molecule is CS(=O)(=O)c1ccc(C(=O)N2CCOC(COc3cccc4c3CCC4=O)C2)c(Cl)c1. The Morgan fingerprint density at radius 2 is 2.06 bits per heavy atom. The van der Waals surface area contributed by atoms with E-state index in [1.807, 2.05) is 12.1 Å². The molecule has 1 aliphatic heterocycles. The van der Waals surface area contributed by atoms with Gasteiger partial charge >= 0.3 is 0 Å². The summed E-state index contributed by atoms with van der Waals surface area (Å²) in [5.74, 6) is 0.518. The highest BCUT2D eigenvalue weighted by atomic mass is 35.5. The van der Waals surface area contributed by atoms with E-state index in [9.17, 15) is 18.0 Å². The second-order valence-electron chi connectivity index (χ2n) is 7.67. The Morgan fingerprint density at radius 1 is 1.26 bits per heavy atom. The smallest absolute Gasteiger partial charge is 0.255 e. The summed E-state index contributed by atoms with van der Waals surface area (Å²) in [5.41, 5.74) is 1.88. The summed E-state index contributed by atoms with van der Waals surface area (Å²) < 4.78 is 35.1. The standard InChI is InChI=1S/C22H22ClNO6S/c1-31(27,28)15-5-6-18(19(23)11-15)22(26)24-9-10-29-14(12-24)13-30-21-4-2-3-16-17(21)7-8-20(16)25/h2-6,11,14H,7-10,12-13H2,1H3. The molecule has 1 atom stereocenters. The van der Waals surface area contributed by atoms with Crippen LogP contribution in [-0.2, 0) is 21.0 Å². The summed E-state index contributed by atoms with van der Waals surface area (Å²) in [4.78, 5) is 26.5. The fraction of sp³-hybridized carbons (Fsp3) is 0.364. The van der Waals surface area contributed by atoms with Crippen molar-refractivity contribution in [1.29, 1.82) is 0 Å². The maximum atomic E-state index is 12.9. The Kier molecular flexibility index (Phi) is 6.05. The number of carbonyl (C=O) groups is 2. The second-order valence-corrected chi connectivity index (χ2v) is 10.1. The molecule has 31 heavy (non-hydrogen) atoms. The molecule has 0 saturated carbocycles. The molecule has 0 aromatic heterocycles. The van der Waals surface area contributed by atoms with Gasteiger partial charge in [0.15, 0.2) is 15.6 Å². The molecule has 4 rings (SSSR count). The number of ketones is 1. The maximum Gasteiger partial charge on any atom is 0.255 e. The monoisotopic (exact) mass is 463 g/mol. The number of fused-ring (bicyclic) bond motifs is 1. The first kappa shape index (κ1) is 21.8. The van der Waals surface area contributed by atoms with Gasteiger partial charge in [-0.2, -0.15) is 0 Å². The van der Waals surface area contributed by atoms with E-state index in [0.29, 0.717) is 43.9 Å². The van der Waals surface area contributed by atoms with Gasteiger partial charge in [-0.05, 0) is 30.7 Å². The van der Waals surface area contributed by atoms with Gasteiger partial charge < -0.3 is 14.4 Å². The van der Waals surface area contributed by atoms with Crippen LogP contribution in [0.1, 0.15) is 32.7 Å². The van der Waals surface area contributed by atoms with Crippen LogP contribution in [0.3, 0.4) is 0 Å². The van der Waals surface area contributed by atoms with Crippen molar-refractivity contribution in [2.24, 2.45) is 0 Å². The molecule has 0 bridgehead atoms. The summed E-state index contributed by atoms with van der Waals surface area (Å²) >= 11 is 6.20. The molecule has 1 unspecified atom stereocenters. The van der Waals surface area contributed by atoms with Crippen LogP contribution in [0.5, 0.6) is 5.75 Å². The van der Waals surface area contributed by atoms with E-state index in [0.717, 1.165) is 11.8 Å². The van der Waals surface area contributed by atoms with Crippen molar-refractivity contribution in [2.45, 2.75) is 23.8 Å². The largest absolute Gasteiger partial charge is 0.491 e. The van der Waals surface area contributed by atoms with Crippen molar-refractivity contribution in [1.82, 2.24) is 4.90 Å². The first-order valence-corrected chi connectivity index (χ1v) is 12.2. The van der Waals surface area contributed by atoms with Crippen LogP contribution in [0.2, 0.25) is 5.02 Å². The van der Waals surface area contributed by atoms with Crippen molar-refractivity contribution >= 4 is 33.1 Å². The number of hydrogen-bond acceptors (Lipinski definition) is 6. The van der Waals surface area contributed by atoms with Gasteiger partial charge in [-0.1, -0.05) is 23.7 Å². The molecule has 1 fully saturated rings. The Hall–Kier alpha value is -2.42. The molecular weight excluding hydrogens is 442 g/mol. The minimum Gasteiger partial charge on any atom is -0.491 e. The Bertz CT molecular complexity index is 1150. The molecule has 0 spiro atoms. The predicted molar refractivity (Wildman–Crippen MR) is 115 cm³/mol. The molecule has 2 aromatic rings. The molecule has 164 valence electrons. The molecule has 1 heterocycles. The summed E-state index contributed by atoms with van der Waals surface area (Å²) in [6, 6.07) is 9.57. The first-order valence-electron chi connectivity index (χ1n) is 9.92. The van der Waals surface area contributed by atoms with Crippen molar-refractivity contribution < 1.29 is 27.5 Å². The molecule has 2 aliphatic rings. The zero-order valence-electron chi connectivity index (χ0n) is 17.0. The van der Waals surface area contributed by atoms with Gasteiger partial charge in [0.2, 0.25) is 0 Å². The fourth-order valence-electron chi connectivity index (χ4n) is 3.85. The number of benzene rings is 2. The van der Waals surface area contributed by atoms with E-state index in [2.05, 4.69) is 0 Å². The van der Waals surface area contributed by atoms with E-state index in [1.54, 1.807) is 11.0 Å². The van der Waals surface area contributed by atoms with Gasteiger partial charge in [0.05, 0.1) is 28.6 Å². The summed E-state index contributed by atoms with van der Waals surface area (Å²) in [5, 5.41) is 0.0942. The highest BCUT2D eigenvalue weighted by Gasteiger charge is 2.28. The quantitative estimate of drug-likeness (QED) is 0.677. The fourth-order valence-corrected chi connectivity index (χ4v) is 4.82. The van der Waals surface area contributed by atoms with Crippen LogP contribution in [-0.4, -0.2) is 63.7 Å². The minimum absolute atomic E-state index is 0.0659. The lowest BCUT2D eigenvalue weighted by atomic mass is 10.1. The molecule has 0 radical (unpaired) electrons. The van der Waals surface area contributed by atoms with Gasteiger partial charge in [0, 0.05) is 30.3 Å². The van der Waals surface area contributed by atoms with Crippen molar-refractivity contribution in [2.75, 3.05) is 32.6 Å². The zero-order valence-corrected chi connectivity index (χ0v) is 18.5. The number of Topliss-reactive ketones (excluding diaryl/α,β-unsaturated/α-hetero) is 1. The zero-order chi connectivity index (χ0) is 22.2. The van der Waals surface area contributed by atoms with Gasteiger partial charge in [-0.25, -0.2) is 8.42 Å². The van der Waals surface area contributed by atoms with E-state index in [-0.39, 0.29) is 39.9 Å². The van der Waals surface area contributed by atoms with Crippen molar-refractivity contribution in [3.63, 3.8) is 0 Å². The molecule has 7 nitrogen and oxygen atoms in total. The number of sulfone groups is 1. The van der Waals surface area contributed by atoms with E-state index in [1.165, 1.54) is 18.2 Å². The topological polar surface area (TPSA) is 90.0 Å². The lowest BCUT2D eigenvalue weighted by molar-refractivity contribution is -0.0402. The number of morpholine rings is 1. The third-order valence-electron chi connectivity index (χ3n) is 5.49. The molecule has 0 N–H and O–H groups in total. The summed E-state index contributed by atoms with van der Waals surface area (Å²) in [6.07, 6.45) is 1.92. The van der Waals surface area contributed by atoms with Crippen LogP contribution < -0.4 is 4.74 Å². The third kappa shape index (κ3) is 4.61. The molecular formula is C22H22ClNO6S. The Balaban J connectivity index is 1.42. The second kappa shape index (κ2) is 8.61. The number of hydrogen-bond donors (Lipinski definition) is 0. The first-order chi connectivity index (χ1) is 14.7. The molecule has 9 heteroatoms. The predicted octanol–water partition coefficient (Wildman–Crippen LogP) is 2.79. The maximum absolute atomic E-state index is 12.9. The lowest BCUT2D eigenvalue weighted by Crippen LogP contribution is -2.47. The normalized spacial score (nSPS) is 18.7. The Morgan fingerprint density at radius 3 is 2.81 bits per heavy atom. The number of rotatable bonds is 5. The Labute approximate surface area is 185 Å². The number of halogens is 1. The minimum atomic E-state index is -3.41. The van der Waals surface area contributed by atoms with Gasteiger partial charge in [-0.15, -0.1) is 0 Å². The number of amides is 1. The molecule has 1 saturated heterocycles. The average molecular weight is 464 g/mol. The van der Waals surface area contributed by atoms with Crippen LogP contribution in [0, 0.1) is 0 Å². The average Bonchev–Trinajstić information content (AvgIpc) is 3.13. The van der Waals surface area contributed by atoms with Crippen LogP contribution in [0.25, 0.3) is 0 Å².